The lowest BCUT2D eigenvalue weighted by molar-refractivity contribution is -0.120. The summed E-state index contributed by atoms with van der Waals surface area (Å²) in [4.78, 5) is 25.4. The van der Waals surface area contributed by atoms with E-state index in [-0.39, 0.29) is 5.92 Å². The van der Waals surface area contributed by atoms with E-state index in [1.54, 1.807) is 11.3 Å². The Balaban J connectivity index is 1.75. The number of aromatic nitrogens is 2. The maximum absolute atomic E-state index is 12.1. The lowest BCUT2D eigenvalue weighted by Gasteiger charge is -2.16. The summed E-state index contributed by atoms with van der Waals surface area (Å²) in [7, 11) is 0. The highest BCUT2D eigenvalue weighted by Crippen LogP contribution is 2.38. The number of amides is 3. The highest BCUT2D eigenvalue weighted by Gasteiger charge is 2.28. The smallest absolute Gasteiger partial charge is 0.318 e. The fourth-order valence-electron chi connectivity index (χ4n) is 2.96. The molecule has 0 saturated carbocycles. The predicted octanol–water partition coefficient (Wildman–Crippen LogP) is 3.23. The van der Waals surface area contributed by atoms with Gasteiger partial charge in [-0.1, -0.05) is 32.5 Å². The number of nitrogens with zero attached hydrogens (tertiary/aromatic N) is 2. The van der Waals surface area contributed by atoms with Crippen molar-refractivity contribution in [1.82, 2.24) is 15.5 Å². The fourth-order valence-corrected chi connectivity index (χ4v) is 4.96. The molecule has 0 aliphatic heterocycles. The van der Waals surface area contributed by atoms with Crippen LogP contribution in [-0.4, -0.2) is 27.4 Å². The molecule has 140 valence electrons. The quantitative estimate of drug-likeness (QED) is 0.753. The molecule has 9 heteroatoms. The third kappa shape index (κ3) is 4.27. The first kappa shape index (κ1) is 18.9. The minimum absolute atomic E-state index is 0.0368. The number of primary amides is 1. The molecule has 3 rings (SSSR count). The van der Waals surface area contributed by atoms with Crippen molar-refractivity contribution in [3.63, 3.8) is 0 Å². The topological polar surface area (TPSA) is 111 Å². The number of carbonyl (C=O) groups is 2. The number of carbonyl (C=O) groups excluding carboxylic acids is 2. The van der Waals surface area contributed by atoms with Crippen LogP contribution in [0.15, 0.2) is 15.7 Å². The van der Waals surface area contributed by atoms with Gasteiger partial charge in [-0.3, -0.25) is 10.1 Å². The molecule has 1 aliphatic rings. The van der Waals surface area contributed by atoms with Crippen molar-refractivity contribution in [2.45, 2.75) is 50.5 Å². The zero-order valence-corrected chi connectivity index (χ0v) is 16.6. The molecule has 0 unspecified atom stereocenters. The van der Waals surface area contributed by atoms with Crippen molar-refractivity contribution in [2.24, 2.45) is 17.6 Å². The fraction of sp³-hybridized carbons (Fsp3) is 0.529. The lowest BCUT2D eigenvalue weighted by Crippen LogP contribution is -2.42. The summed E-state index contributed by atoms with van der Waals surface area (Å²) >= 11 is 2.84. The standard InChI is InChI=1S/C17H22N4O3S2/c1-8(2)13(14(22)19-16(18)23)26-17-21-20-15(24-17)12-7-10-6-9(3)4-5-11(10)25-12/h7-9,13H,4-6H2,1-3H3,(H3,18,19,22,23)/t9-,13+/m0/s1. The monoisotopic (exact) mass is 394 g/mol. The van der Waals surface area contributed by atoms with Crippen molar-refractivity contribution in [3.8, 4) is 10.8 Å². The number of urea groups is 1. The lowest BCUT2D eigenvalue weighted by atomic mass is 9.90. The van der Waals surface area contributed by atoms with E-state index in [1.807, 2.05) is 13.8 Å². The first-order chi connectivity index (χ1) is 12.3. The maximum atomic E-state index is 12.1. The van der Waals surface area contributed by atoms with E-state index < -0.39 is 17.2 Å². The minimum Gasteiger partial charge on any atom is -0.410 e. The Kier molecular flexibility index (Phi) is 5.67. The molecule has 2 aromatic rings. The summed E-state index contributed by atoms with van der Waals surface area (Å²) in [5.74, 6) is 0.676. The number of nitrogens with two attached hydrogens (primary N) is 1. The van der Waals surface area contributed by atoms with E-state index in [9.17, 15) is 9.59 Å². The molecule has 3 N–H and O–H groups in total. The van der Waals surface area contributed by atoms with E-state index in [4.69, 9.17) is 10.2 Å². The van der Waals surface area contributed by atoms with Gasteiger partial charge in [-0.25, -0.2) is 4.79 Å². The van der Waals surface area contributed by atoms with Crippen molar-refractivity contribution in [3.05, 3.63) is 16.5 Å². The van der Waals surface area contributed by atoms with Crippen molar-refractivity contribution in [2.75, 3.05) is 0 Å². The summed E-state index contributed by atoms with van der Waals surface area (Å²) in [5.41, 5.74) is 6.40. The molecule has 3 amide bonds. The SMILES string of the molecule is CC(C)[C@@H](Sc1nnc(-c2cc3c(s2)CC[C@H](C)C3)o1)C(=O)NC(N)=O. The maximum Gasteiger partial charge on any atom is 0.318 e. The molecule has 1 aliphatic carbocycles. The summed E-state index contributed by atoms with van der Waals surface area (Å²) in [5, 5.41) is 10.1. The number of thioether (sulfide) groups is 1. The molecular weight excluding hydrogens is 372 g/mol. The van der Waals surface area contributed by atoms with Crippen LogP contribution in [-0.2, 0) is 17.6 Å². The molecule has 2 aromatic heterocycles. The second-order valence-corrected chi connectivity index (χ2v) is 9.15. The third-order valence-electron chi connectivity index (χ3n) is 4.28. The van der Waals surface area contributed by atoms with Gasteiger partial charge in [-0.15, -0.1) is 21.5 Å². The average molecular weight is 395 g/mol. The predicted molar refractivity (Wildman–Crippen MR) is 101 cm³/mol. The highest BCUT2D eigenvalue weighted by molar-refractivity contribution is 8.00. The van der Waals surface area contributed by atoms with Crippen LogP contribution in [0.2, 0.25) is 0 Å². The number of rotatable bonds is 5. The summed E-state index contributed by atoms with van der Waals surface area (Å²) in [6, 6.07) is 1.27. The largest absolute Gasteiger partial charge is 0.410 e. The highest BCUT2D eigenvalue weighted by atomic mass is 32.2. The van der Waals surface area contributed by atoms with Gasteiger partial charge in [0.25, 0.3) is 11.1 Å². The molecule has 0 radical (unpaired) electrons. The number of imide groups is 1. The van der Waals surface area contributed by atoms with E-state index >= 15 is 0 Å². The van der Waals surface area contributed by atoms with Gasteiger partial charge >= 0.3 is 6.03 Å². The van der Waals surface area contributed by atoms with Gasteiger partial charge in [-0.2, -0.15) is 0 Å². The first-order valence-corrected chi connectivity index (χ1v) is 10.3. The van der Waals surface area contributed by atoms with Crippen molar-refractivity contribution in [1.29, 1.82) is 0 Å². The Morgan fingerprint density at radius 3 is 2.88 bits per heavy atom. The zero-order chi connectivity index (χ0) is 18.8. The van der Waals surface area contributed by atoms with Gasteiger partial charge in [0.05, 0.1) is 10.1 Å². The Hall–Kier alpha value is -1.87. The second-order valence-electron chi connectivity index (χ2n) is 6.92. The molecule has 0 bridgehead atoms. The summed E-state index contributed by atoms with van der Waals surface area (Å²) in [6.07, 6.45) is 3.40. The Morgan fingerprint density at radius 2 is 2.19 bits per heavy atom. The van der Waals surface area contributed by atoms with E-state index in [0.717, 1.165) is 29.5 Å². The second kappa shape index (κ2) is 7.79. The summed E-state index contributed by atoms with van der Waals surface area (Å²) in [6.45, 7) is 6.03. The number of thiophene rings is 1. The Labute approximate surface area is 160 Å². The van der Waals surface area contributed by atoms with Gasteiger partial charge in [0.1, 0.15) is 0 Å². The van der Waals surface area contributed by atoms with Crippen LogP contribution in [0, 0.1) is 11.8 Å². The van der Waals surface area contributed by atoms with Gasteiger partial charge in [-0.05, 0) is 42.7 Å². The molecule has 7 nitrogen and oxygen atoms in total. The molecular formula is C17H22N4O3S2. The van der Waals surface area contributed by atoms with Crippen LogP contribution in [0.25, 0.3) is 10.8 Å². The third-order valence-corrected chi connectivity index (χ3v) is 6.89. The van der Waals surface area contributed by atoms with Crippen LogP contribution in [0.4, 0.5) is 4.79 Å². The van der Waals surface area contributed by atoms with Crippen molar-refractivity contribution >= 4 is 35.0 Å². The minimum atomic E-state index is -0.870. The van der Waals surface area contributed by atoms with Crippen LogP contribution < -0.4 is 11.1 Å². The van der Waals surface area contributed by atoms with E-state index in [0.29, 0.717) is 17.0 Å². The molecule has 2 atom stereocenters. The van der Waals surface area contributed by atoms with Crippen LogP contribution >= 0.6 is 23.1 Å². The summed E-state index contributed by atoms with van der Waals surface area (Å²) < 4.78 is 5.77. The number of aryl methyl sites for hydroxylation is 1. The molecule has 0 saturated heterocycles. The van der Waals surface area contributed by atoms with E-state index in [2.05, 4.69) is 28.5 Å². The van der Waals surface area contributed by atoms with Gasteiger partial charge in [0.2, 0.25) is 5.91 Å². The number of fused-ring (bicyclic) bond motifs is 1. The van der Waals surface area contributed by atoms with Gasteiger partial charge in [0, 0.05) is 4.88 Å². The zero-order valence-electron chi connectivity index (χ0n) is 14.9. The number of nitrogens with one attached hydrogen (secondary N) is 1. The van der Waals surface area contributed by atoms with Crippen molar-refractivity contribution < 1.29 is 14.0 Å². The van der Waals surface area contributed by atoms with Crippen LogP contribution in [0.5, 0.6) is 0 Å². The first-order valence-electron chi connectivity index (χ1n) is 8.56. The molecule has 0 fully saturated rings. The number of hydrogen-bond donors (Lipinski definition) is 2. The Morgan fingerprint density at radius 1 is 1.42 bits per heavy atom. The molecule has 2 heterocycles. The van der Waals surface area contributed by atoms with Crippen LogP contribution in [0.3, 0.4) is 0 Å². The van der Waals surface area contributed by atoms with E-state index in [1.165, 1.54) is 16.9 Å². The van der Waals surface area contributed by atoms with Crippen LogP contribution in [0.1, 0.15) is 37.6 Å². The number of hydrogen-bond acceptors (Lipinski definition) is 7. The molecule has 26 heavy (non-hydrogen) atoms. The average Bonchev–Trinajstić information content (AvgIpc) is 3.17. The van der Waals surface area contributed by atoms with Gasteiger partial charge < -0.3 is 10.2 Å². The Bertz CT molecular complexity index is 815. The molecule has 0 aromatic carbocycles. The molecule has 0 spiro atoms. The normalized spacial score (nSPS) is 17.8. The van der Waals surface area contributed by atoms with Gasteiger partial charge in [0.15, 0.2) is 0 Å².